The van der Waals surface area contributed by atoms with Crippen molar-refractivity contribution < 1.29 is 4.42 Å². The second kappa shape index (κ2) is 5.66. The molecule has 1 aliphatic rings. The normalized spacial score (nSPS) is 23.2. The maximum Gasteiger partial charge on any atom is 0.244 e. The van der Waals surface area contributed by atoms with Crippen LogP contribution in [0.5, 0.6) is 0 Å². The van der Waals surface area contributed by atoms with Crippen molar-refractivity contribution in [1.29, 1.82) is 0 Å². The molecule has 1 aliphatic heterocycles. The summed E-state index contributed by atoms with van der Waals surface area (Å²) in [6.07, 6.45) is 3.36. The zero-order valence-corrected chi connectivity index (χ0v) is 12.0. The molecule has 20 heavy (non-hydrogen) atoms. The third-order valence-corrected chi connectivity index (χ3v) is 3.55. The number of piperazine rings is 1. The van der Waals surface area contributed by atoms with Crippen LogP contribution < -0.4 is 10.2 Å². The van der Waals surface area contributed by atoms with E-state index in [2.05, 4.69) is 39.2 Å². The maximum absolute atomic E-state index is 5.33. The van der Waals surface area contributed by atoms with Crippen molar-refractivity contribution in [2.75, 3.05) is 18.0 Å². The summed E-state index contributed by atoms with van der Waals surface area (Å²) >= 11 is 0. The Balaban J connectivity index is 1.61. The minimum atomic E-state index is 0.462. The highest BCUT2D eigenvalue weighted by molar-refractivity contribution is 5.30. The Morgan fingerprint density at radius 3 is 2.80 bits per heavy atom. The van der Waals surface area contributed by atoms with E-state index in [9.17, 15) is 0 Å². The van der Waals surface area contributed by atoms with Crippen molar-refractivity contribution in [3.8, 4) is 0 Å². The summed E-state index contributed by atoms with van der Waals surface area (Å²) in [7, 11) is 0. The molecule has 2 atom stereocenters. The topological polar surface area (TPSA) is 70.0 Å². The minimum absolute atomic E-state index is 0.462. The maximum atomic E-state index is 5.33. The van der Waals surface area contributed by atoms with Gasteiger partial charge in [0.2, 0.25) is 5.95 Å². The SMILES string of the molecule is CC1CN(c2n[nH]c(CCc3ccco3)n2)CC(C)N1. The van der Waals surface area contributed by atoms with E-state index in [1.165, 1.54) is 0 Å². The number of anilines is 1. The molecule has 0 aliphatic carbocycles. The Hall–Kier alpha value is -1.82. The summed E-state index contributed by atoms with van der Waals surface area (Å²) in [6, 6.07) is 4.81. The van der Waals surface area contributed by atoms with Crippen LogP contribution in [0.4, 0.5) is 5.95 Å². The van der Waals surface area contributed by atoms with E-state index >= 15 is 0 Å². The highest BCUT2D eigenvalue weighted by Gasteiger charge is 2.23. The number of rotatable bonds is 4. The molecule has 2 aromatic rings. The van der Waals surface area contributed by atoms with Crippen molar-refractivity contribution in [3.63, 3.8) is 0 Å². The fraction of sp³-hybridized carbons (Fsp3) is 0.571. The van der Waals surface area contributed by atoms with Crippen molar-refractivity contribution >= 4 is 5.95 Å². The van der Waals surface area contributed by atoms with Crippen molar-refractivity contribution in [2.45, 2.75) is 38.8 Å². The third kappa shape index (κ3) is 3.01. The lowest BCUT2D eigenvalue weighted by Crippen LogP contribution is -2.54. The summed E-state index contributed by atoms with van der Waals surface area (Å²) in [5.41, 5.74) is 0. The smallest absolute Gasteiger partial charge is 0.244 e. The number of hydrogen-bond acceptors (Lipinski definition) is 5. The summed E-state index contributed by atoms with van der Waals surface area (Å²) in [6.45, 7) is 6.26. The molecule has 108 valence electrons. The van der Waals surface area contributed by atoms with Gasteiger partial charge >= 0.3 is 0 Å². The summed E-state index contributed by atoms with van der Waals surface area (Å²) in [5.74, 6) is 2.70. The van der Waals surface area contributed by atoms with Gasteiger partial charge in [0.25, 0.3) is 0 Å². The lowest BCUT2D eigenvalue weighted by molar-refractivity contribution is 0.403. The molecule has 6 heteroatoms. The number of aromatic nitrogens is 3. The van der Waals surface area contributed by atoms with Gasteiger partial charge in [0.1, 0.15) is 11.6 Å². The molecule has 6 nitrogen and oxygen atoms in total. The molecule has 3 rings (SSSR count). The van der Waals surface area contributed by atoms with Gasteiger partial charge in [-0.1, -0.05) is 0 Å². The van der Waals surface area contributed by atoms with Crippen LogP contribution >= 0.6 is 0 Å². The molecule has 2 aromatic heterocycles. The van der Waals surface area contributed by atoms with Crippen LogP contribution in [0.25, 0.3) is 0 Å². The van der Waals surface area contributed by atoms with Gasteiger partial charge in [-0.2, -0.15) is 4.98 Å². The largest absolute Gasteiger partial charge is 0.469 e. The van der Waals surface area contributed by atoms with Gasteiger partial charge in [0.05, 0.1) is 6.26 Å². The highest BCUT2D eigenvalue weighted by Crippen LogP contribution is 2.13. The van der Waals surface area contributed by atoms with Gasteiger partial charge < -0.3 is 14.6 Å². The zero-order chi connectivity index (χ0) is 13.9. The van der Waals surface area contributed by atoms with Crippen LogP contribution in [0.15, 0.2) is 22.8 Å². The van der Waals surface area contributed by atoms with Gasteiger partial charge in [-0.15, -0.1) is 5.10 Å². The molecule has 0 radical (unpaired) electrons. The molecule has 0 aromatic carbocycles. The summed E-state index contributed by atoms with van der Waals surface area (Å²) in [5, 5.41) is 10.9. The highest BCUT2D eigenvalue weighted by atomic mass is 16.3. The quantitative estimate of drug-likeness (QED) is 0.882. The first-order valence-electron chi connectivity index (χ1n) is 7.15. The molecular weight excluding hydrogens is 254 g/mol. The van der Waals surface area contributed by atoms with Crippen molar-refractivity contribution in [3.05, 3.63) is 30.0 Å². The molecule has 0 spiro atoms. The molecule has 3 heterocycles. The first-order chi connectivity index (χ1) is 9.70. The minimum Gasteiger partial charge on any atom is -0.469 e. The average Bonchev–Trinajstić information content (AvgIpc) is 3.07. The number of aromatic amines is 1. The second-order valence-corrected chi connectivity index (χ2v) is 5.54. The van der Waals surface area contributed by atoms with Gasteiger partial charge in [0.15, 0.2) is 0 Å². The molecule has 0 saturated carbocycles. The standard InChI is InChI=1S/C14H21N5O/c1-10-8-19(9-11(2)15-10)14-16-13(17-18-14)6-5-12-4-3-7-20-12/h3-4,7,10-11,15H,5-6,8-9H2,1-2H3,(H,16,17,18). The lowest BCUT2D eigenvalue weighted by Gasteiger charge is -2.35. The summed E-state index contributed by atoms with van der Waals surface area (Å²) < 4.78 is 5.33. The number of furan rings is 1. The van der Waals surface area contributed by atoms with Gasteiger partial charge in [0, 0.05) is 38.0 Å². The van der Waals surface area contributed by atoms with Crippen LogP contribution in [-0.4, -0.2) is 40.4 Å². The number of H-pyrrole nitrogens is 1. The Morgan fingerprint density at radius 1 is 1.30 bits per heavy atom. The number of nitrogens with one attached hydrogen (secondary N) is 2. The summed E-state index contributed by atoms with van der Waals surface area (Å²) in [4.78, 5) is 6.83. The van der Waals surface area contributed by atoms with E-state index < -0.39 is 0 Å². The Kier molecular flexibility index (Phi) is 3.73. The van der Waals surface area contributed by atoms with Crippen LogP contribution in [0.1, 0.15) is 25.4 Å². The predicted octanol–water partition coefficient (Wildman–Crippen LogP) is 1.37. The Morgan fingerprint density at radius 2 is 2.10 bits per heavy atom. The molecular formula is C14H21N5O. The van der Waals surface area contributed by atoms with Gasteiger partial charge in [-0.25, -0.2) is 0 Å². The second-order valence-electron chi connectivity index (χ2n) is 5.54. The number of nitrogens with zero attached hydrogens (tertiary/aromatic N) is 3. The van der Waals surface area contributed by atoms with Crippen LogP contribution in [0.2, 0.25) is 0 Å². The van der Waals surface area contributed by atoms with Crippen molar-refractivity contribution in [1.82, 2.24) is 20.5 Å². The van der Waals surface area contributed by atoms with E-state index in [-0.39, 0.29) is 0 Å². The third-order valence-electron chi connectivity index (χ3n) is 3.55. The monoisotopic (exact) mass is 275 g/mol. The van der Waals surface area contributed by atoms with E-state index in [4.69, 9.17) is 4.42 Å². The first-order valence-corrected chi connectivity index (χ1v) is 7.15. The fourth-order valence-electron chi connectivity index (χ4n) is 2.73. The van der Waals surface area contributed by atoms with Crippen LogP contribution in [-0.2, 0) is 12.8 Å². The lowest BCUT2D eigenvalue weighted by atomic mass is 10.1. The van der Waals surface area contributed by atoms with Crippen LogP contribution in [0.3, 0.4) is 0 Å². The molecule has 0 amide bonds. The average molecular weight is 275 g/mol. The number of aryl methyl sites for hydroxylation is 2. The molecule has 2 N–H and O–H groups in total. The molecule has 2 unspecified atom stereocenters. The molecule has 1 fully saturated rings. The number of hydrogen-bond donors (Lipinski definition) is 2. The zero-order valence-electron chi connectivity index (χ0n) is 12.0. The first kappa shape index (κ1) is 13.2. The fourth-order valence-corrected chi connectivity index (χ4v) is 2.73. The Labute approximate surface area is 118 Å². The van der Waals surface area contributed by atoms with Crippen molar-refractivity contribution in [2.24, 2.45) is 0 Å². The van der Waals surface area contributed by atoms with E-state index in [1.807, 2.05) is 12.1 Å². The van der Waals surface area contributed by atoms with Gasteiger partial charge in [-0.05, 0) is 26.0 Å². The van der Waals surface area contributed by atoms with E-state index in [0.717, 1.165) is 43.5 Å². The molecule has 0 bridgehead atoms. The predicted molar refractivity (Wildman–Crippen MR) is 76.8 cm³/mol. The van der Waals surface area contributed by atoms with E-state index in [0.29, 0.717) is 12.1 Å². The van der Waals surface area contributed by atoms with Crippen LogP contribution in [0, 0.1) is 0 Å². The van der Waals surface area contributed by atoms with Gasteiger partial charge in [-0.3, -0.25) is 5.10 Å². The molecule has 1 saturated heterocycles. The van der Waals surface area contributed by atoms with E-state index in [1.54, 1.807) is 6.26 Å². The Bertz CT molecular complexity index is 526.